The summed E-state index contributed by atoms with van der Waals surface area (Å²) in [6.45, 7) is 1.98. The van der Waals surface area contributed by atoms with Gasteiger partial charge in [0.05, 0.1) is 11.9 Å². The van der Waals surface area contributed by atoms with Gasteiger partial charge in [0.25, 0.3) is 0 Å². The number of hydrogen-bond donors (Lipinski definition) is 2. The second-order valence-corrected chi connectivity index (χ2v) is 5.40. The zero-order chi connectivity index (χ0) is 15.9. The summed E-state index contributed by atoms with van der Waals surface area (Å²) in [7, 11) is 0. The van der Waals surface area contributed by atoms with E-state index in [-0.39, 0.29) is 0 Å². The van der Waals surface area contributed by atoms with Gasteiger partial charge in [-0.25, -0.2) is 5.43 Å². The number of hydrazone groups is 1. The molecule has 22 heavy (non-hydrogen) atoms. The molecule has 0 bridgehead atoms. The Morgan fingerprint density at radius 3 is 2.41 bits per heavy atom. The third-order valence-corrected chi connectivity index (χ3v) is 3.48. The Kier molecular flexibility index (Phi) is 5.43. The molecule has 2 rings (SSSR count). The molecule has 0 unspecified atom stereocenters. The van der Waals surface area contributed by atoms with Crippen LogP contribution in [0.3, 0.4) is 0 Å². The highest BCUT2D eigenvalue weighted by Crippen LogP contribution is 2.20. The molecule has 0 aliphatic carbocycles. The standard InChI is InChI=1S/C16H14BrN3O2/c1-11-6-8-12(9-7-11)10-18-20-16(22)15(21)19-14-5-3-2-4-13(14)17/h2-10H,1H3,(H,19,21)(H,20,22)/b18-10-. The molecule has 0 radical (unpaired) electrons. The highest BCUT2D eigenvalue weighted by Gasteiger charge is 2.13. The number of anilines is 1. The summed E-state index contributed by atoms with van der Waals surface area (Å²) >= 11 is 3.29. The minimum absolute atomic E-state index is 0.519. The second-order valence-electron chi connectivity index (χ2n) is 4.54. The first kappa shape index (κ1) is 15.9. The van der Waals surface area contributed by atoms with Gasteiger partial charge in [-0.3, -0.25) is 9.59 Å². The molecule has 0 spiro atoms. The van der Waals surface area contributed by atoms with Crippen molar-refractivity contribution in [3.05, 3.63) is 64.1 Å². The normalized spacial score (nSPS) is 10.5. The Balaban J connectivity index is 1.90. The molecule has 2 N–H and O–H groups in total. The zero-order valence-corrected chi connectivity index (χ0v) is 13.4. The van der Waals surface area contributed by atoms with Crippen molar-refractivity contribution in [2.24, 2.45) is 5.10 Å². The molecule has 2 amide bonds. The number of carbonyl (C=O) groups excluding carboxylic acids is 2. The summed E-state index contributed by atoms with van der Waals surface area (Å²) in [4.78, 5) is 23.4. The number of rotatable bonds is 3. The number of amides is 2. The minimum Gasteiger partial charge on any atom is -0.317 e. The van der Waals surface area contributed by atoms with E-state index in [1.165, 1.54) is 6.21 Å². The number of carbonyl (C=O) groups is 2. The average molecular weight is 360 g/mol. The first-order valence-electron chi connectivity index (χ1n) is 6.52. The number of hydrogen-bond acceptors (Lipinski definition) is 3. The van der Waals surface area contributed by atoms with Gasteiger partial charge >= 0.3 is 11.8 Å². The lowest BCUT2D eigenvalue weighted by Crippen LogP contribution is -2.32. The van der Waals surface area contributed by atoms with Crippen LogP contribution in [0.2, 0.25) is 0 Å². The Bertz CT molecular complexity index is 712. The van der Waals surface area contributed by atoms with E-state index in [0.29, 0.717) is 10.2 Å². The van der Waals surface area contributed by atoms with Crippen molar-refractivity contribution in [2.75, 3.05) is 5.32 Å². The maximum Gasteiger partial charge on any atom is 0.329 e. The third-order valence-electron chi connectivity index (χ3n) is 2.79. The van der Waals surface area contributed by atoms with E-state index in [4.69, 9.17) is 0 Å². The lowest BCUT2D eigenvalue weighted by molar-refractivity contribution is -0.136. The van der Waals surface area contributed by atoms with Crippen molar-refractivity contribution in [1.82, 2.24) is 5.43 Å². The van der Waals surface area contributed by atoms with Gasteiger partial charge in [0.2, 0.25) is 0 Å². The molecule has 0 saturated heterocycles. The summed E-state index contributed by atoms with van der Waals surface area (Å²) in [5.41, 5.74) is 4.67. The molecular weight excluding hydrogens is 346 g/mol. The van der Waals surface area contributed by atoms with E-state index < -0.39 is 11.8 Å². The SMILES string of the molecule is Cc1ccc(/C=N\NC(=O)C(=O)Nc2ccccc2Br)cc1. The molecule has 0 fully saturated rings. The second kappa shape index (κ2) is 7.51. The van der Waals surface area contributed by atoms with Crippen LogP contribution in [0.1, 0.15) is 11.1 Å². The van der Waals surface area contributed by atoms with Crippen molar-refractivity contribution in [1.29, 1.82) is 0 Å². The van der Waals surface area contributed by atoms with Crippen molar-refractivity contribution >= 4 is 39.6 Å². The van der Waals surface area contributed by atoms with Crippen LogP contribution in [0.15, 0.2) is 58.1 Å². The lowest BCUT2D eigenvalue weighted by atomic mass is 10.2. The molecule has 0 saturated carbocycles. The van der Waals surface area contributed by atoms with E-state index in [0.717, 1.165) is 11.1 Å². The van der Waals surface area contributed by atoms with Crippen LogP contribution in [-0.2, 0) is 9.59 Å². The van der Waals surface area contributed by atoms with Crippen molar-refractivity contribution < 1.29 is 9.59 Å². The summed E-state index contributed by atoms with van der Waals surface area (Å²) in [6.07, 6.45) is 1.48. The zero-order valence-electron chi connectivity index (χ0n) is 11.8. The summed E-state index contributed by atoms with van der Waals surface area (Å²) in [5, 5.41) is 6.25. The third kappa shape index (κ3) is 4.53. The molecule has 5 nitrogen and oxygen atoms in total. The lowest BCUT2D eigenvalue weighted by Gasteiger charge is -2.05. The van der Waals surface area contributed by atoms with Gasteiger partial charge in [-0.05, 0) is 40.5 Å². The number of aryl methyl sites for hydroxylation is 1. The number of nitrogens with one attached hydrogen (secondary N) is 2. The maximum atomic E-state index is 11.7. The van der Waals surface area contributed by atoms with Crippen LogP contribution in [0, 0.1) is 6.92 Å². The van der Waals surface area contributed by atoms with Gasteiger partial charge in [0, 0.05) is 4.47 Å². The monoisotopic (exact) mass is 359 g/mol. The first-order valence-corrected chi connectivity index (χ1v) is 7.31. The number of benzene rings is 2. The average Bonchev–Trinajstić information content (AvgIpc) is 2.51. The molecule has 6 heteroatoms. The van der Waals surface area contributed by atoms with Crippen molar-refractivity contribution in [3.8, 4) is 0 Å². The largest absolute Gasteiger partial charge is 0.329 e. The van der Waals surface area contributed by atoms with Crippen LogP contribution >= 0.6 is 15.9 Å². The summed E-state index contributed by atoms with van der Waals surface area (Å²) in [5.74, 6) is -1.62. The Morgan fingerprint density at radius 2 is 1.73 bits per heavy atom. The molecule has 0 aromatic heterocycles. The first-order chi connectivity index (χ1) is 10.6. The van der Waals surface area contributed by atoms with Gasteiger partial charge in [0.1, 0.15) is 0 Å². The van der Waals surface area contributed by atoms with E-state index in [1.54, 1.807) is 18.2 Å². The van der Waals surface area contributed by atoms with Gasteiger partial charge in [-0.2, -0.15) is 5.10 Å². The van der Waals surface area contributed by atoms with Crippen LogP contribution in [0.5, 0.6) is 0 Å². The summed E-state index contributed by atoms with van der Waals surface area (Å²) < 4.78 is 0.694. The van der Waals surface area contributed by atoms with Crippen LogP contribution in [-0.4, -0.2) is 18.0 Å². The van der Waals surface area contributed by atoms with Gasteiger partial charge in [-0.1, -0.05) is 42.0 Å². The van der Waals surface area contributed by atoms with Crippen molar-refractivity contribution in [3.63, 3.8) is 0 Å². The maximum absolute atomic E-state index is 11.7. The fraction of sp³-hybridized carbons (Fsp3) is 0.0625. The van der Waals surface area contributed by atoms with E-state index in [9.17, 15) is 9.59 Å². The molecule has 0 atom stereocenters. The van der Waals surface area contributed by atoms with Crippen molar-refractivity contribution in [2.45, 2.75) is 6.92 Å². The predicted molar refractivity (Wildman–Crippen MR) is 89.7 cm³/mol. The molecule has 2 aromatic carbocycles. The predicted octanol–water partition coefficient (Wildman–Crippen LogP) is 2.85. The van der Waals surface area contributed by atoms with Crippen LogP contribution < -0.4 is 10.7 Å². The number of halogens is 1. The highest BCUT2D eigenvalue weighted by molar-refractivity contribution is 9.10. The summed E-state index contributed by atoms with van der Waals surface area (Å²) in [6, 6.07) is 14.6. The molecule has 0 aliphatic rings. The molecule has 112 valence electrons. The quantitative estimate of drug-likeness (QED) is 0.502. The molecule has 2 aromatic rings. The van der Waals surface area contributed by atoms with Crippen LogP contribution in [0.4, 0.5) is 5.69 Å². The van der Waals surface area contributed by atoms with Gasteiger partial charge < -0.3 is 5.32 Å². The molecular formula is C16H14BrN3O2. The fourth-order valence-electron chi connectivity index (χ4n) is 1.61. The minimum atomic E-state index is -0.834. The molecule has 0 heterocycles. The fourth-order valence-corrected chi connectivity index (χ4v) is 1.99. The number of para-hydroxylation sites is 1. The highest BCUT2D eigenvalue weighted by atomic mass is 79.9. The van der Waals surface area contributed by atoms with E-state index in [2.05, 4.69) is 31.8 Å². The van der Waals surface area contributed by atoms with E-state index in [1.807, 2.05) is 37.3 Å². The van der Waals surface area contributed by atoms with Gasteiger partial charge in [0.15, 0.2) is 0 Å². The smallest absolute Gasteiger partial charge is 0.317 e. The molecule has 0 aliphatic heterocycles. The topological polar surface area (TPSA) is 70.6 Å². The Labute approximate surface area is 136 Å². The van der Waals surface area contributed by atoms with Crippen LogP contribution in [0.25, 0.3) is 0 Å². The Hall–Kier alpha value is -2.47. The van der Waals surface area contributed by atoms with Gasteiger partial charge in [-0.15, -0.1) is 0 Å². The van der Waals surface area contributed by atoms with E-state index >= 15 is 0 Å². The Morgan fingerprint density at radius 1 is 1.05 bits per heavy atom. The number of nitrogens with zero attached hydrogens (tertiary/aromatic N) is 1.